The Kier molecular flexibility index (Phi) is 2.57. The van der Waals surface area contributed by atoms with Gasteiger partial charge in [0, 0.05) is 29.9 Å². The zero-order valence-corrected chi connectivity index (χ0v) is 9.60. The summed E-state index contributed by atoms with van der Waals surface area (Å²) in [5.41, 5.74) is 2.46. The predicted molar refractivity (Wildman–Crippen MR) is 68.1 cm³/mol. The Morgan fingerprint density at radius 2 is 2.28 bits per heavy atom. The van der Waals surface area contributed by atoms with Crippen molar-refractivity contribution in [2.75, 3.05) is 0 Å². The lowest BCUT2D eigenvalue weighted by atomic mass is 10.1. The third kappa shape index (κ3) is 1.86. The van der Waals surface area contributed by atoms with Gasteiger partial charge in [-0.2, -0.15) is 5.10 Å². The van der Waals surface area contributed by atoms with Gasteiger partial charge in [0.25, 0.3) is 5.91 Å². The molecule has 0 saturated carbocycles. The van der Waals surface area contributed by atoms with Crippen molar-refractivity contribution < 1.29 is 4.79 Å². The lowest BCUT2D eigenvalue weighted by Gasteiger charge is -2.04. The molecule has 0 aliphatic heterocycles. The lowest BCUT2D eigenvalue weighted by Crippen LogP contribution is -2.22. The highest BCUT2D eigenvalue weighted by atomic mass is 16.1. The molecule has 1 amide bonds. The van der Waals surface area contributed by atoms with E-state index in [9.17, 15) is 4.79 Å². The number of hydrogen-bond donors (Lipinski definition) is 3. The molecule has 0 bridgehead atoms. The standard InChI is InChI=1S/C13H12N4O/c18-13(15-6-9-7-16-17-8-9)11-3-1-2-10-4-5-14-12(10)11/h1-5,7-8,14H,6H2,(H,15,18)(H,16,17). The van der Waals surface area contributed by atoms with Crippen molar-refractivity contribution in [2.45, 2.75) is 6.54 Å². The summed E-state index contributed by atoms with van der Waals surface area (Å²) in [5.74, 6) is -0.0933. The summed E-state index contributed by atoms with van der Waals surface area (Å²) in [7, 11) is 0. The van der Waals surface area contributed by atoms with Gasteiger partial charge in [-0.1, -0.05) is 12.1 Å². The minimum absolute atomic E-state index is 0.0933. The summed E-state index contributed by atoms with van der Waals surface area (Å²) >= 11 is 0. The van der Waals surface area contributed by atoms with E-state index in [0.717, 1.165) is 16.5 Å². The normalized spacial score (nSPS) is 10.7. The molecule has 0 aliphatic rings. The third-order valence-corrected chi connectivity index (χ3v) is 2.84. The van der Waals surface area contributed by atoms with Crippen LogP contribution in [0.15, 0.2) is 42.9 Å². The SMILES string of the molecule is O=C(NCc1cn[nH]c1)c1cccc2cc[nH]c12. The second-order valence-corrected chi connectivity index (χ2v) is 4.04. The Bertz CT molecular complexity index is 669. The average molecular weight is 240 g/mol. The van der Waals surface area contributed by atoms with Crippen molar-refractivity contribution in [1.82, 2.24) is 20.5 Å². The van der Waals surface area contributed by atoms with E-state index in [1.54, 1.807) is 12.4 Å². The van der Waals surface area contributed by atoms with Crippen molar-refractivity contribution in [3.63, 3.8) is 0 Å². The van der Waals surface area contributed by atoms with Gasteiger partial charge in [-0.15, -0.1) is 0 Å². The largest absolute Gasteiger partial charge is 0.361 e. The molecule has 0 saturated heterocycles. The number of H-pyrrole nitrogens is 2. The Morgan fingerprint density at radius 3 is 3.11 bits per heavy atom. The van der Waals surface area contributed by atoms with Gasteiger partial charge in [0.2, 0.25) is 0 Å². The van der Waals surface area contributed by atoms with Crippen LogP contribution in [0.25, 0.3) is 10.9 Å². The molecule has 1 aromatic carbocycles. The molecule has 2 heterocycles. The zero-order chi connectivity index (χ0) is 12.4. The number of carbonyl (C=O) groups is 1. The number of benzene rings is 1. The highest BCUT2D eigenvalue weighted by Crippen LogP contribution is 2.16. The Morgan fingerprint density at radius 1 is 1.33 bits per heavy atom. The number of aromatic nitrogens is 3. The van der Waals surface area contributed by atoms with Crippen LogP contribution in [0.5, 0.6) is 0 Å². The Hall–Kier alpha value is -2.56. The molecule has 5 nitrogen and oxygen atoms in total. The molecule has 0 radical (unpaired) electrons. The average Bonchev–Trinajstić information content (AvgIpc) is 3.05. The highest BCUT2D eigenvalue weighted by molar-refractivity contribution is 6.05. The number of hydrogen-bond acceptors (Lipinski definition) is 2. The quantitative estimate of drug-likeness (QED) is 0.653. The summed E-state index contributed by atoms with van der Waals surface area (Å²) < 4.78 is 0. The third-order valence-electron chi connectivity index (χ3n) is 2.84. The molecule has 3 aromatic rings. The number of aromatic amines is 2. The maximum Gasteiger partial charge on any atom is 0.253 e. The van der Waals surface area contributed by atoms with Crippen LogP contribution in [0, 0.1) is 0 Å². The van der Waals surface area contributed by atoms with Gasteiger partial charge in [0.05, 0.1) is 17.3 Å². The molecule has 0 aliphatic carbocycles. The van der Waals surface area contributed by atoms with E-state index in [4.69, 9.17) is 0 Å². The Labute approximate surface area is 103 Å². The van der Waals surface area contributed by atoms with Crippen LogP contribution in [0.3, 0.4) is 0 Å². The fraction of sp³-hybridized carbons (Fsp3) is 0.0769. The van der Waals surface area contributed by atoms with Gasteiger partial charge in [0.15, 0.2) is 0 Å². The fourth-order valence-corrected chi connectivity index (χ4v) is 1.93. The number of nitrogens with one attached hydrogen (secondary N) is 3. The van der Waals surface area contributed by atoms with Crippen LogP contribution >= 0.6 is 0 Å². The van der Waals surface area contributed by atoms with Gasteiger partial charge in [0.1, 0.15) is 0 Å². The topological polar surface area (TPSA) is 73.6 Å². The fourth-order valence-electron chi connectivity index (χ4n) is 1.93. The minimum Gasteiger partial charge on any atom is -0.361 e. The summed E-state index contributed by atoms with van der Waals surface area (Å²) in [6.07, 6.45) is 5.28. The molecule has 18 heavy (non-hydrogen) atoms. The van der Waals surface area contributed by atoms with Crippen molar-refractivity contribution >= 4 is 16.8 Å². The van der Waals surface area contributed by atoms with Crippen LogP contribution < -0.4 is 5.32 Å². The molecule has 2 aromatic heterocycles. The molecule has 0 fully saturated rings. The molecule has 90 valence electrons. The second-order valence-electron chi connectivity index (χ2n) is 4.04. The van der Waals surface area contributed by atoms with Crippen molar-refractivity contribution in [3.8, 4) is 0 Å². The van der Waals surface area contributed by atoms with E-state index < -0.39 is 0 Å². The maximum absolute atomic E-state index is 12.1. The van der Waals surface area contributed by atoms with Gasteiger partial charge in [-0.25, -0.2) is 0 Å². The first-order valence-corrected chi connectivity index (χ1v) is 5.66. The zero-order valence-electron chi connectivity index (χ0n) is 9.60. The lowest BCUT2D eigenvalue weighted by molar-refractivity contribution is 0.0952. The number of nitrogens with zero attached hydrogens (tertiary/aromatic N) is 1. The molecule has 3 N–H and O–H groups in total. The number of fused-ring (bicyclic) bond motifs is 1. The molecular weight excluding hydrogens is 228 g/mol. The number of amides is 1. The molecule has 0 spiro atoms. The number of rotatable bonds is 3. The van der Waals surface area contributed by atoms with Gasteiger partial charge in [-0.3, -0.25) is 9.89 Å². The van der Waals surface area contributed by atoms with E-state index in [-0.39, 0.29) is 5.91 Å². The molecule has 3 rings (SSSR count). The summed E-state index contributed by atoms with van der Waals surface area (Å²) in [6.45, 7) is 0.465. The smallest absolute Gasteiger partial charge is 0.253 e. The van der Waals surface area contributed by atoms with E-state index >= 15 is 0 Å². The number of carbonyl (C=O) groups excluding carboxylic acids is 1. The van der Waals surface area contributed by atoms with Crippen LogP contribution in [0.4, 0.5) is 0 Å². The summed E-state index contributed by atoms with van der Waals surface area (Å²) in [5, 5.41) is 10.4. The van der Waals surface area contributed by atoms with Crippen LogP contribution in [-0.4, -0.2) is 21.1 Å². The Balaban J connectivity index is 1.81. The number of para-hydroxylation sites is 1. The van der Waals surface area contributed by atoms with Gasteiger partial charge < -0.3 is 10.3 Å². The van der Waals surface area contributed by atoms with Crippen molar-refractivity contribution in [1.29, 1.82) is 0 Å². The van der Waals surface area contributed by atoms with Crippen molar-refractivity contribution in [3.05, 3.63) is 54.0 Å². The summed E-state index contributed by atoms with van der Waals surface area (Å²) in [4.78, 5) is 15.2. The first-order chi connectivity index (χ1) is 8.84. The van der Waals surface area contributed by atoms with E-state index in [0.29, 0.717) is 12.1 Å². The highest BCUT2D eigenvalue weighted by Gasteiger charge is 2.10. The van der Waals surface area contributed by atoms with Gasteiger partial charge >= 0.3 is 0 Å². The predicted octanol–water partition coefficient (Wildman–Crippen LogP) is 1.82. The van der Waals surface area contributed by atoms with E-state index in [1.165, 1.54) is 0 Å². The van der Waals surface area contributed by atoms with Crippen LogP contribution in [0.2, 0.25) is 0 Å². The first-order valence-electron chi connectivity index (χ1n) is 5.66. The maximum atomic E-state index is 12.1. The summed E-state index contributed by atoms with van der Waals surface area (Å²) in [6, 6.07) is 7.60. The van der Waals surface area contributed by atoms with E-state index in [1.807, 2.05) is 30.5 Å². The van der Waals surface area contributed by atoms with Crippen molar-refractivity contribution in [2.24, 2.45) is 0 Å². The molecule has 5 heteroatoms. The van der Waals surface area contributed by atoms with Gasteiger partial charge in [-0.05, 0) is 12.1 Å². The minimum atomic E-state index is -0.0933. The molecule has 0 unspecified atom stereocenters. The second kappa shape index (κ2) is 4.37. The van der Waals surface area contributed by atoms with Crippen LogP contribution in [-0.2, 0) is 6.54 Å². The molecular formula is C13H12N4O. The van der Waals surface area contributed by atoms with E-state index in [2.05, 4.69) is 20.5 Å². The first kappa shape index (κ1) is 10.6. The monoisotopic (exact) mass is 240 g/mol. The van der Waals surface area contributed by atoms with Crippen LogP contribution in [0.1, 0.15) is 15.9 Å². The molecule has 0 atom stereocenters.